The highest BCUT2D eigenvalue weighted by Crippen LogP contribution is 2.39. The number of nitrogens with zero attached hydrogens (tertiary/aromatic N) is 3. The first-order chi connectivity index (χ1) is 11.5. The molecule has 0 radical (unpaired) electrons. The number of ether oxygens (including phenoxy) is 1. The second-order valence-electron chi connectivity index (χ2n) is 5.94. The van der Waals surface area contributed by atoms with E-state index in [-0.39, 0.29) is 11.6 Å². The van der Waals surface area contributed by atoms with E-state index in [1.807, 2.05) is 4.90 Å². The molecular weight excluding hydrogens is 333 g/mol. The maximum absolute atomic E-state index is 16.0. The number of carbonyl (C=O) groups is 2. The maximum Gasteiger partial charge on any atom is 0.565 e. The number of thioether (sulfide) groups is 1. The Morgan fingerprint density at radius 2 is 1.96 bits per heavy atom. The van der Waals surface area contributed by atoms with Gasteiger partial charge in [-0.15, -0.1) is 0 Å². The van der Waals surface area contributed by atoms with Crippen molar-refractivity contribution in [3.8, 4) is 0 Å². The van der Waals surface area contributed by atoms with Gasteiger partial charge in [-0.3, -0.25) is 4.79 Å². The van der Waals surface area contributed by atoms with Crippen LogP contribution in [0, 0.1) is 0 Å². The molecule has 3 atom stereocenters. The molecule has 0 N–H and O–H groups in total. The quantitative estimate of drug-likeness (QED) is 0.779. The Balaban J connectivity index is 2.04. The summed E-state index contributed by atoms with van der Waals surface area (Å²) in [7, 11) is 1.53. The summed E-state index contributed by atoms with van der Waals surface area (Å²) in [4.78, 5) is 27.5. The van der Waals surface area contributed by atoms with E-state index in [0.29, 0.717) is 13.1 Å². The average Bonchev–Trinajstić information content (AvgIpc) is 2.88. The van der Waals surface area contributed by atoms with Gasteiger partial charge in [-0.25, -0.2) is 4.90 Å². The van der Waals surface area contributed by atoms with Crippen molar-refractivity contribution in [3.05, 3.63) is 30.3 Å². The zero-order chi connectivity index (χ0) is 17.3. The number of amides is 2. The van der Waals surface area contributed by atoms with Crippen LogP contribution in [-0.2, 0) is 9.53 Å². The molecule has 0 spiro atoms. The summed E-state index contributed by atoms with van der Waals surface area (Å²) in [6, 6.07) is 8.29. The van der Waals surface area contributed by atoms with Crippen molar-refractivity contribution in [3.63, 3.8) is 0 Å². The van der Waals surface area contributed by atoms with Crippen LogP contribution in [0.1, 0.15) is 6.92 Å². The molecule has 24 heavy (non-hydrogen) atoms. The summed E-state index contributed by atoms with van der Waals surface area (Å²) < 4.78 is 19.9. The van der Waals surface area contributed by atoms with Gasteiger partial charge in [0, 0.05) is 59.9 Å². The van der Waals surface area contributed by atoms with E-state index in [4.69, 9.17) is 4.74 Å². The summed E-state index contributed by atoms with van der Waals surface area (Å²) in [5.74, 6) is 1.44. The lowest BCUT2D eigenvalue weighted by Gasteiger charge is -2.37. The molecule has 1 aromatic carbocycles. The Morgan fingerprint density at radius 3 is 2.54 bits per heavy atom. The van der Waals surface area contributed by atoms with Gasteiger partial charge >= 0.3 is 6.09 Å². The van der Waals surface area contributed by atoms with Gasteiger partial charge in [-0.1, -0.05) is 18.2 Å². The number of para-hydroxylation sites is 1. The molecule has 2 aliphatic rings. The Morgan fingerprint density at radius 1 is 1.33 bits per heavy atom. The molecule has 6 nitrogen and oxygen atoms in total. The molecule has 0 bridgehead atoms. The summed E-state index contributed by atoms with van der Waals surface area (Å²) >= 11 is 1.79. The van der Waals surface area contributed by atoms with E-state index in [2.05, 4.69) is 0 Å². The first-order valence-corrected chi connectivity index (χ1v) is 9.02. The zero-order valence-electron chi connectivity index (χ0n) is 13.7. The zero-order valence-corrected chi connectivity index (χ0v) is 14.5. The van der Waals surface area contributed by atoms with Crippen molar-refractivity contribution in [2.45, 2.75) is 19.3 Å². The third kappa shape index (κ3) is 2.78. The van der Waals surface area contributed by atoms with Crippen LogP contribution >= 0.6 is 11.8 Å². The van der Waals surface area contributed by atoms with Gasteiger partial charge in [-0.05, 0) is 0 Å². The molecule has 2 saturated heterocycles. The average molecular weight is 354 g/mol. The van der Waals surface area contributed by atoms with Crippen LogP contribution in [0.15, 0.2) is 30.3 Å². The number of hydrogen-bond acceptors (Lipinski definition) is 5. The van der Waals surface area contributed by atoms with Gasteiger partial charge in [0.25, 0.3) is 12.4 Å². The summed E-state index contributed by atoms with van der Waals surface area (Å²) in [5.41, 5.74) is 0.213. The third-order valence-electron chi connectivity index (χ3n) is 4.54. The molecular formula is C16H21FN3O3S+. The van der Waals surface area contributed by atoms with Gasteiger partial charge in [-0.2, -0.15) is 16.6 Å². The molecule has 2 heterocycles. The Hall–Kier alpha value is -1.64. The highest BCUT2D eigenvalue weighted by atomic mass is 32.2. The van der Waals surface area contributed by atoms with Gasteiger partial charge < -0.3 is 9.64 Å². The predicted octanol–water partition coefficient (Wildman–Crippen LogP) is 2.21. The highest BCUT2D eigenvalue weighted by Gasteiger charge is 2.66. The topological polar surface area (TPSA) is 49.9 Å². The van der Waals surface area contributed by atoms with Crippen molar-refractivity contribution in [1.29, 1.82) is 0 Å². The van der Waals surface area contributed by atoms with Crippen LogP contribution in [0.3, 0.4) is 0 Å². The normalized spacial score (nSPS) is 30.9. The van der Waals surface area contributed by atoms with Crippen molar-refractivity contribution in [2.24, 2.45) is 0 Å². The number of cyclic esters (lactones) is 1. The minimum absolute atomic E-state index is 0.213. The monoisotopic (exact) mass is 354 g/mol. The van der Waals surface area contributed by atoms with Crippen molar-refractivity contribution >= 4 is 29.4 Å². The number of benzene rings is 1. The number of rotatable bonds is 3. The van der Waals surface area contributed by atoms with Gasteiger partial charge in [0.2, 0.25) is 5.91 Å². The van der Waals surface area contributed by atoms with Crippen LogP contribution in [0.2, 0.25) is 0 Å². The molecule has 0 saturated carbocycles. The highest BCUT2D eigenvalue weighted by molar-refractivity contribution is 7.99. The van der Waals surface area contributed by atoms with Crippen molar-refractivity contribution in [1.82, 2.24) is 14.5 Å². The first kappa shape index (κ1) is 17.2. The fourth-order valence-electron chi connectivity index (χ4n) is 3.13. The molecule has 3 rings (SSSR count). The number of likely N-dealkylation sites (N-methyl/N-ethyl adjacent to an activating group) is 1. The number of halogens is 1. The Kier molecular flexibility index (Phi) is 4.80. The molecule has 2 fully saturated rings. The maximum atomic E-state index is 16.0. The third-order valence-corrected chi connectivity index (χ3v) is 5.48. The summed E-state index contributed by atoms with van der Waals surface area (Å²) in [6.07, 6.45) is -2.85. The first-order valence-electron chi connectivity index (χ1n) is 7.86. The Bertz CT molecular complexity index is 626. The summed E-state index contributed by atoms with van der Waals surface area (Å²) in [5, 5.41) is 0. The van der Waals surface area contributed by atoms with E-state index in [1.165, 1.54) is 18.9 Å². The van der Waals surface area contributed by atoms with Crippen LogP contribution in [0.4, 0.5) is 15.0 Å². The second kappa shape index (κ2) is 6.70. The largest absolute Gasteiger partial charge is 0.565 e. The molecule has 2 amide bonds. The van der Waals surface area contributed by atoms with Crippen molar-refractivity contribution < 1.29 is 18.8 Å². The minimum atomic E-state index is -1.46. The fraction of sp³-hybridized carbons (Fsp3) is 0.500. The van der Waals surface area contributed by atoms with E-state index >= 15 is 4.48 Å². The van der Waals surface area contributed by atoms with Crippen LogP contribution in [-0.4, -0.2) is 65.8 Å². The molecule has 3 unspecified atom stereocenters. The molecule has 2 aliphatic heterocycles. The predicted molar refractivity (Wildman–Crippen MR) is 90.7 cm³/mol. The molecule has 8 heteroatoms. The van der Waals surface area contributed by atoms with E-state index in [9.17, 15) is 9.59 Å². The lowest BCUT2D eigenvalue weighted by molar-refractivity contribution is -0.141. The van der Waals surface area contributed by atoms with Crippen molar-refractivity contribution in [2.75, 3.05) is 31.6 Å². The SMILES string of the molecule is CC(=O)N(C)C1OC(=O)[N+](F)(c2ccccc2)C1N1CCSCC1. The van der Waals surface area contributed by atoms with Crippen LogP contribution in [0.5, 0.6) is 0 Å². The van der Waals surface area contributed by atoms with E-state index < -0.39 is 23.2 Å². The second-order valence-corrected chi connectivity index (χ2v) is 7.16. The number of quaternary nitrogens is 1. The molecule has 130 valence electrons. The molecule has 0 aliphatic carbocycles. The van der Waals surface area contributed by atoms with Gasteiger partial charge in [0.15, 0.2) is 5.69 Å². The number of carbonyl (C=O) groups excluding carboxylic acids is 2. The lowest BCUT2D eigenvalue weighted by atomic mass is 10.2. The fourth-order valence-corrected chi connectivity index (χ4v) is 4.06. The summed E-state index contributed by atoms with van der Waals surface area (Å²) in [6.45, 7) is 2.67. The standard InChI is InChI=1S/C16H21FN3O3S/c1-12(21)18(2)15-14(19-8-10-24-11-9-19)20(17,16(22)23-15)13-6-4-3-5-7-13/h3-7,14-15H,8-11H2,1-2H3/q+1. The van der Waals surface area contributed by atoms with E-state index in [1.54, 1.807) is 42.1 Å². The van der Waals surface area contributed by atoms with Crippen LogP contribution in [0.25, 0.3) is 0 Å². The van der Waals surface area contributed by atoms with Crippen LogP contribution < -0.4 is 4.71 Å². The minimum Gasteiger partial charge on any atom is -0.384 e. The Labute approximate surface area is 144 Å². The lowest BCUT2D eigenvalue weighted by Crippen LogP contribution is -2.63. The molecule has 1 aromatic rings. The van der Waals surface area contributed by atoms with E-state index in [0.717, 1.165) is 11.5 Å². The number of hydrogen-bond donors (Lipinski definition) is 0. The smallest absolute Gasteiger partial charge is 0.384 e. The van der Waals surface area contributed by atoms with Gasteiger partial charge in [0.1, 0.15) is 0 Å². The van der Waals surface area contributed by atoms with Gasteiger partial charge in [0.05, 0.1) is 0 Å². The molecule has 0 aromatic heterocycles.